The highest BCUT2D eigenvalue weighted by Crippen LogP contribution is 2.26. The normalized spacial score (nSPS) is 19.3. The van der Waals surface area contributed by atoms with Gasteiger partial charge in [-0.25, -0.2) is 8.42 Å². The van der Waals surface area contributed by atoms with Gasteiger partial charge in [0.1, 0.15) is 4.88 Å². The van der Waals surface area contributed by atoms with Crippen LogP contribution >= 0.6 is 11.3 Å². The summed E-state index contributed by atoms with van der Waals surface area (Å²) in [7, 11) is -4.75. The fourth-order valence-corrected chi connectivity index (χ4v) is 4.51. The van der Waals surface area contributed by atoms with Gasteiger partial charge >= 0.3 is 5.76 Å². The monoisotopic (exact) mass is 352 g/mol. The zero-order chi connectivity index (χ0) is 16.2. The van der Waals surface area contributed by atoms with Gasteiger partial charge in [0.05, 0.1) is 4.90 Å². The van der Waals surface area contributed by atoms with E-state index in [1.54, 1.807) is 0 Å². The van der Waals surface area contributed by atoms with Crippen LogP contribution in [0.15, 0.2) is 16.3 Å². The molecule has 9 heteroatoms. The smallest absolute Gasteiger partial charge is 0.341 e. The molecule has 2 N–H and O–H groups in total. The van der Waals surface area contributed by atoms with Crippen LogP contribution < -0.4 is 10.6 Å². The number of nitrogens with one attached hydrogen (secondary N) is 2. The molecule has 0 aliphatic carbocycles. The second-order valence-corrected chi connectivity index (χ2v) is 7.98. The number of hydrogen-bond acceptors (Lipinski definition) is 5. The van der Waals surface area contributed by atoms with Crippen LogP contribution in [0.2, 0.25) is 0 Å². The Balaban J connectivity index is 1.94. The SMILES string of the molecule is O=C(NCCC1CCCNC1)c1sccc1S(=O)(=O)C(F)F. The molecule has 0 bridgehead atoms. The van der Waals surface area contributed by atoms with Gasteiger partial charge in [0.2, 0.25) is 9.84 Å². The second kappa shape index (κ2) is 7.47. The van der Waals surface area contributed by atoms with Crippen molar-refractivity contribution in [3.63, 3.8) is 0 Å². The first kappa shape index (κ1) is 17.3. The average Bonchev–Trinajstić information content (AvgIpc) is 2.98. The summed E-state index contributed by atoms with van der Waals surface area (Å²) in [5.74, 6) is -3.67. The van der Waals surface area contributed by atoms with E-state index in [0.717, 1.165) is 49.8 Å². The lowest BCUT2D eigenvalue weighted by Crippen LogP contribution is -2.33. The minimum Gasteiger partial charge on any atom is -0.351 e. The summed E-state index contributed by atoms with van der Waals surface area (Å²) in [5.41, 5.74) is 0. The molecule has 124 valence electrons. The van der Waals surface area contributed by atoms with E-state index in [1.807, 2.05) is 0 Å². The molecule has 1 saturated heterocycles. The fourth-order valence-electron chi connectivity index (χ4n) is 2.42. The number of hydrogen-bond donors (Lipinski definition) is 2. The molecular weight excluding hydrogens is 334 g/mol. The quantitative estimate of drug-likeness (QED) is 0.819. The minimum absolute atomic E-state index is 0.179. The van der Waals surface area contributed by atoms with Crippen LogP contribution in [0.3, 0.4) is 0 Å². The Labute approximate surface area is 132 Å². The number of carbonyl (C=O) groups excluding carboxylic acids is 1. The Morgan fingerprint density at radius 3 is 2.91 bits per heavy atom. The first-order valence-electron chi connectivity index (χ1n) is 7.01. The van der Waals surface area contributed by atoms with E-state index in [9.17, 15) is 22.0 Å². The van der Waals surface area contributed by atoms with Crippen molar-refractivity contribution in [3.8, 4) is 0 Å². The van der Waals surface area contributed by atoms with Crippen molar-refractivity contribution in [2.75, 3.05) is 19.6 Å². The molecular formula is C13H18F2N2O3S2. The van der Waals surface area contributed by atoms with Gasteiger partial charge < -0.3 is 10.6 Å². The van der Waals surface area contributed by atoms with E-state index < -0.39 is 26.4 Å². The number of halogens is 2. The van der Waals surface area contributed by atoms with Crippen LogP contribution in [0.5, 0.6) is 0 Å². The molecule has 2 heterocycles. The summed E-state index contributed by atoms with van der Waals surface area (Å²) in [5, 5.41) is 7.22. The molecule has 1 amide bonds. The van der Waals surface area contributed by atoms with Crippen molar-refractivity contribution in [2.45, 2.75) is 29.9 Å². The highest BCUT2D eigenvalue weighted by atomic mass is 32.2. The molecule has 1 atom stereocenters. The van der Waals surface area contributed by atoms with Gasteiger partial charge in [-0.1, -0.05) is 0 Å². The van der Waals surface area contributed by atoms with Gasteiger partial charge in [0.15, 0.2) is 0 Å². The molecule has 1 fully saturated rings. The lowest BCUT2D eigenvalue weighted by molar-refractivity contribution is 0.0951. The highest BCUT2D eigenvalue weighted by Gasteiger charge is 2.32. The molecule has 1 aliphatic rings. The number of carbonyl (C=O) groups is 1. The van der Waals surface area contributed by atoms with Crippen LogP contribution in [-0.2, 0) is 9.84 Å². The first-order chi connectivity index (χ1) is 10.4. The first-order valence-corrected chi connectivity index (χ1v) is 9.44. The molecule has 1 unspecified atom stereocenters. The largest absolute Gasteiger partial charge is 0.351 e. The average molecular weight is 352 g/mol. The van der Waals surface area contributed by atoms with Crippen molar-refractivity contribution in [1.82, 2.24) is 10.6 Å². The topological polar surface area (TPSA) is 75.3 Å². The lowest BCUT2D eigenvalue weighted by Gasteiger charge is -2.22. The third-order valence-corrected chi connectivity index (χ3v) is 6.08. The maximum atomic E-state index is 12.6. The summed E-state index contributed by atoms with van der Waals surface area (Å²) in [6, 6.07) is 1.05. The fraction of sp³-hybridized carbons (Fsp3) is 0.615. The predicted octanol–water partition coefficient (Wildman–Crippen LogP) is 1.86. The number of thiophene rings is 1. The van der Waals surface area contributed by atoms with Gasteiger partial charge in [-0.2, -0.15) is 8.78 Å². The number of rotatable bonds is 6. The molecule has 0 saturated carbocycles. The zero-order valence-electron chi connectivity index (χ0n) is 11.8. The number of alkyl halides is 2. The van der Waals surface area contributed by atoms with Gasteiger partial charge in [-0.05, 0) is 49.7 Å². The Morgan fingerprint density at radius 1 is 1.50 bits per heavy atom. The molecule has 1 aliphatic heterocycles. The number of sulfone groups is 1. The molecule has 0 spiro atoms. The van der Waals surface area contributed by atoms with E-state index in [0.29, 0.717) is 12.5 Å². The van der Waals surface area contributed by atoms with Crippen LogP contribution in [0, 0.1) is 5.92 Å². The van der Waals surface area contributed by atoms with Crippen molar-refractivity contribution in [3.05, 3.63) is 16.3 Å². The van der Waals surface area contributed by atoms with Crippen molar-refractivity contribution in [1.29, 1.82) is 0 Å². The molecule has 0 aromatic carbocycles. The number of piperidine rings is 1. The van der Waals surface area contributed by atoms with Gasteiger partial charge in [-0.3, -0.25) is 4.79 Å². The van der Waals surface area contributed by atoms with Crippen molar-refractivity contribution < 1.29 is 22.0 Å². The Hall–Kier alpha value is -1.06. The van der Waals surface area contributed by atoms with Gasteiger partial charge in [-0.15, -0.1) is 11.3 Å². The molecule has 1 aromatic heterocycles. The Kier molecular flexibility index (Phi) is 5.87. The van der Waals surface area contributed by atoms with Crippen LogP contribution in [0.1, 0.15) is 28.9 Å². The zero-order valence-corrected chi connectivity index (χ0v) is 13.5. The van der Waals surface area contributed by atoms with Crippen molar-refractivity contribution in [2.24, 2.45) is 5.92 Å². The second-order valence-electron chi connectivity index (χ2n) is 5.18. The Bertz CT molecular complexity index is 611. The highest BCUT2D eigenvalue weighted by molar-refractivity contribution is 7.92. The molecule has 5 nitrogen and oxygen atoms in total. The number of amides is 1. The summed E-state index contributed by atoms with van der Waals surface area (Å²) in [4.78, 5) is 11.2. The van der Waals surface area contributed by atoms with Gasteiger partial charge in [0, 0.05) is 6.54 Å². The lowest BCUT2D eigenvalue weighted by atomic mass is 9.96. The summed E-state index contributed by atoms with van der Waals surface area (Å²) in [6.07, 6.45) is 2.97. The minimum atomic E-state index is -4.75. The van der Waals surface area contributed by atoms with Crippen LogP contribution in [0.4, 0.5) is 8.78 Å². The maximum Gasteiger partial charge on any atom is 0.341 e. The standard InChI is InChI=1S/C13H18F2N2O3S2/c14-13(15)22(19,20)10-4-7-21-11(10)12(18)17-6-3-9-2-1-5-16-8-9/h4,7,9,13,16H,1-3,5-6,8H2,(H,17,18). The van der Waals surface area contributed by atoms with E-state index in [-0.39, 0.29) is 4.88 Å². The summed E-state index contributed by atoms with van der Waals surface area (Å²) < 4.78 is 48.2. The summed E-state index contributed by atoms with van der Waals surface area (Å²) >= 11 is 0.851. The van der Waals surface area contributed by atoms with E-state index in [4.69, 9.17) is 0 Å². The Morgan fingerprint density at radius 2 is 2.27 bits per heavy atom. The van der Waals surface area contributed by atoms with Crippen LogP contribution in [-0.4, -0.2) is 39.7 Å². The third kappa shape index (κ3) is 4.02. The molecule has 2 rings (SSSR count). The van der Waals surface area contributed by atoms with Crippen LogP contribution in [0.25, 0.3) is 0 Å². The summed E-state index contributed by atoms with van der Waals surface area (Å²) in [6.45, 7) is 2.31. The molecule has 22 heavy (non-hydrogen) atoms. The van der Waals surface area contributed by atoms with E-state index >= 15 is 0 Å². The van der Waals surface area contributed by atoms with Crippen molar-refractivity contribution >= 4 is 27.1 Å². The van der Waals surface area contributed by atoms with E-state index in [1.165, 1.54) is 5.38 Å². The van der Waals surface area contributed by atoms with E-state index in [2.05, 4.69) is 10.6 Å². The maximum absolute atomic E-state index is 12.6. The van der Waals surface area contributed by atoms with Gasteiger partial charge in [0.25, 0.3) is 5.91 Å². The third-order valence-electron chi connectivity index (χ3n) is 3.61. The predicted molar refractivity (Wildman–Crippen MR) is 80.1 cm³/mol. The molecule has 0 radical (unpaired) electrons. The molecule has 1 aromatic rings.